The summed E-state index contributed by atoms with van der Waals surface area (Å²) in [5.74, 6) is 2.39. The second-order valence-corrected chi connectivity index (χ2v) is 6.78. The fraction of sp³-hybridized carbons (Fsp3) is 0.350. The number of nitrogens with zero attached hydrogens (tertiary/aromatic N) is 1. The SMILES string of the molecule is COc1ccc(CN(C)CC(=O)Nc2cc3c(cc2Cl)OCCO3)c(OC)c1. The largest absolute Gasteiger partial charge is 0.497 e. The molecule has 28 heavy (non-hydrogen) atoms. The highest BCUT2D eigenvalue weighted by molar-refractivity contribution is 6.34. The number of ether oxygens (including phenoxy) is 4. The number of anilines is 1. The van der Waals surface area contributed by atoms with Crippen molar-refractivity contribution in [3.05, 3.63) is 40.9 Å². The molecule has 0 unspecified atom stereocenters. The van der Waals surface area contributed by atoms with Crippen molar-refractivity contribution in [3.8, 4) is 23.0 Å². The number of likely N-dealkylation sites (N-methyl/N-ethyl adjacent to an activating group) is 1. The number of benzene rings is 2. The fourth-order valence-corrected chi connectivity index (χ4v) is 3.12. The van der Waals surface area contributed by atoms with Gasteiger partial charge in [-0.2, -0.15) is 0 Å². The predicted octanol–water partition coefficient (Wildman–Crippen LogP) is 3.20. The van der Waals surface area contributed by atoms with Crippen LogP contribution in [0, 0.1) is 0 Å². The van der Waals surface area contributed by atoms with Crippen molar-refractivity contribution < 1.29 is 23.7 Å². The van der Waals surface area contributed by atoms with Crippen LogP contribution in [0.5, 0.6) is 23.0 Å². The van der Waals surface area contributed by atoms with Gasteiger partial charge in [0.1, 0.15) is 24.7 Å². The van der Waals surface area contributed by atoms with Crippen molar-refractivity contribution in [3.63, 3.8) is 0 Å². The lowest BCUT2D eigenvalue weighted by Gasteiger charge is -2.21. The van der Waals surface area contributed by atoms with Crippen LogP contribution in [0.25, 0.3) is 0 Å². The first kappa shape index (κ1) is 20.1. The summed E-state index contributed by atoms with van der Waals surface area (Å²) in [6.45, 7) is 1.67. The lowest BCUT2D eigenvalue weighted by molar-refractivity contribution is -0.117. The first-order valence-electron chi connectivity index (χ1n) is 8.78. The summed E-state index contributed by atoms with van der Waals surface area (Å²) in [6, 6.07) is 8.93. The average Bonchev–Trinajstić information content (AvgIpc) is 2.68. The predicted molar refractivity (Wildman–Crippen MR) is 107 cm³/mol. The van der Waals surface area contributed by atoms with Crippen LogP contribution in [0.1, 0.15) is 5.56 Å². The van der Waals surface area contributed by atoms with Crippen LogP contribution >= 0.6 is 11.6 Å². The lowest BCUT2D eigenvalue weighted by Crippen LogP contribution is -2.30. The van der Waals surface area contributed by atoms with Crippen LogP contribution in [-0.4, -0.2) is 51.8 Å². The molecule has 150 valence electrons. The van der Waals surface area contributed by atoms with Gasteiger partial charge in [-0.05, 0) is 13.1 Å². The molecule has 3 rings (SSSR count). The average molecular weight is 407 g/mol. The molecule has 7 nitrogen and oxygen atoms in total. The molecule has 1 heterocycles. The topological polar surface area (TPSA) is 69.3 Å². The summed E-state index contributed by atoms with van der Waals surface area (Å²) in [6.07, 6.45) is 0. The molecule has 1 N–H and O–H groups in total. The molecule has 0 fully saturated rings. The number of methoxy groups -OCH3 is 2. The number of amides is 1. The molecule has 2 aromatic rings. The second kappa shape index (κ2) is 9.03. The number of carbonyl (C=O) groups excluding carboxylic acids is 1. The fourth-order valence-electron chi connectivity index (χ4n) is 2.92. The van der Waals surface area contributed by atoms with Crippen LogP contribution in [0.2, 0.25) is 5.02 Å². The van der Waals surface area contributed by atoms with Gasteiger partial charge in [0.15, 0.2) is 11.5 Å². The molecule has 2 aromatic carbocycles. The Balaban J connectivity index is 1.62. The van der Waals surface area contributed by atoms with Crippen molar-refractivity contribution in [2.24, 2.45) is 0 Å². The Bertz CT molecular complexity index is 859. The van der Waals surface area contributed by atoms with E-state index in [1.54, 1.807) is 26.4 Å². The Morgan fingerprint density at radius 3 is 2.54 bits per heavy atom. The summed E-state index contributed by atoms with van der Waals surface area (Å²) in [5.41, 5.74) is 1.45. The van der Waals surface area contributed by atoms with Crippen LogP contribution in [-0.2, 0) is 11.3 Å². The van der Waals surface area contributed by atoms with E-state index >= 15 is 0 Å². The zero-order chi connectivity index (χ0) is 20.1. The van der Waals surface area contributed by atoms with Gasteiger partial charge in [-0.3, -0.25) is 9.69 Å². The maximum Gasteiger partial charge on any atom is 0.238 e. The minimum absolute atomic E-state index is 0.181. The molecule has 0 radical (unpaired) electrons. The van der Waals surface area contributed by atoms with Crippen molar-refractivity contribution in [1.29, 1.82) is 0 Å². The molecule has 0 aliphatic carbocycles. The Kier molecular flexibility index (Phi) is 6.49. The highest BCUT2D eigenvalue weighted by Gasteiger charge is 2.17. The summed E-state index contributed by atoms with van der Waals surface area (Å²) in [7, 11) is 5.07. The van der Waals surface area contributed by atoms with E-state index in [9.17, 15) is 4.79 Å². The molecule has 8 heteroatoms. The van der Waals surface area contributed by atoms with Gasteiger partial charge in [-0.15, -0.1) is 0 Å². The van der Waals surface area contributed by atoms with Gasteiger partial charge in [0.25, 0.3) is 0 Å². The van der Waals surface area contributed by atoms with Crippen LogP contribution in [0.15, 0.2) is 30.3 Å². The molecule has 0 aromatic heterocycles. The van der Waals surface area contributed by atoms with E-state index in [1.165, 1.54) is 0 Å². The van der Waals surface area contributed by atoms with Gasteiger partial charge in [-0.1, -0.05) is 17.7 Å². The second-order valence-electron chi connectivity index (χ2n) is 6.37. The molecular weight excluding hydrogens is 384 g/mol. The molecule has 1 aliphatic rings. The third-order valence-corrected chi connectivity index (χ3v) is 4.57. The van der Waals surface area contributed by atoms with Crippen molar-refractivity contribution >= 4 is 23.2 Å². The van der Waals surface area contributed by atoms with E-state index in [2.05, 4.69) is 5.32 Å². The molecule has 0 saturated carbocycles. The summed E-state index contributed by atoms with van der Waals surface area (Å²) in [5, 5.41) is 3.22. The Hall–Kier alpha value is -2.64. The number of fused-ring (bicyclic) bond motifs is 1. The maximum absolute atomic E-state index is 12.5. The Labute approximate surface area is 169 Å². The quantitative estimate of drug-likeness (QED) is 0.761. The highest BCUT2D eigenvalue weighted by Crippen LogP contribution is 2.38. The summed E-state index contributed by atoms with van der Waals surface area (Å²) in [4.78, 5) is 14.3. The molecule has 0 bridgehead atoms. The Morgan fingerprint density at radius 1 is 1.14 bits per heavy atom. The van der Waals surface area contributed by atoms with Gasteiger partial charge >= 0.3 is 0 Å². The van der Waals surface area contributed by atoms with Crippen molar-refractivity contribution in [1.82, 2.24) is 4.90 Å². The van der Waals surface area contributed by atoms with Crippen molar-refractivity contribution in [2.75, 3.05) is 46.3 Å². The van der Waals surface area contributed by atoms with E-state index in [-0.39, 0.29) is 12.5 Å². The molecule has 0 atom stereocenters. The maximum atomic E-state index is 12.5. The van der Waals surface area contributed by atoms with E-state index in [0.717, 1.165) is 5.56 Å². The molecule has 1 amide bonds. The van der Waals surface area contributed by atoms with E-state index < -0.39 is 0 Å². The molecule has 0 saturated heterocycles. The van der Waals surface area contributed by atoms with E-state index in [1.807, 2.05) is 30.1 Å². The summed E-state index contributed by atoms with van der Waals surface area (Å²) >= 11 is 6.25. The molecule has 1 aliphatic heterocycles. The van der Waals surface area contributed by atoms with E-state index in [0.29, 0.717) is 53.5 Å². The number of hydrogen-bond donors (Lipinski definition) is 1. The van der Waals surface area contributed by atoms with Crippen LogP contribution < -0.4 is 24.3 Å². The minimum atomic E-state index is -0.187. The third kappa shape index (κ3) is 4.79. The van der Waals surface area contributed by atoms with Gasteiger partial charge in [-0.25, -0.2) is 0 Å². The monoisotopic (exact) mass is 406 g/mol. The minimum Gasteiger partial charge on any atom is -0.497 e. The Morgan fingerprint density at radius 2 is 1.86 bits per heavy atom. The van der Waals surface area contributed by atoms with Crippen LogP contribution in [0.4, 0.5) is 5.69 Å². The van der Waals surface area contributed by atoms with Gasteiger partial charge < -0.3 is 24.3 Å². The third-order valence-electron chi connectivity index (χ3n) is 4.25. The molecular formula is C20H23ClN2O5. The van der Waals surface area contributed by atoms with Crippen LogP contribution in [0.3, 0.4) is 0 Å². The number of carbonyl (C=O) groups is 1. The highest BCUT2D eigenvalue weighted by atomic mass is 35.5. The number of rotatable bonds is 7. The normalized spacial score (nSPS) is 12.6. The number of halogens is 1. The van der Waals surface area contributed by atoms with E-state index in [4.69, 9.17) is 30.5 Å². The summed E-state index contributed by atoms with van der Waals surface area (Å²) < 4.78 is 21.6. The number of nitrogens with one attached hydrogen (secondary N) is 1. The standard InChI is InChI=1S/C20H23ClN2O5/c1-23(11-13-4-5-14(25-2)8-17(13)26-3)12-20(24)22-16-10-19-18(9-15(16)21)27-6-7-28-19/h4-5,8-10H,6-7,11-12H2,1-3H3,(H,22,24). The van der Waals surface area contributed by atoms with Crippen molar-refractivity contribution in [2.45, 2.75) is 6.54 Å². The molecule has 0 spiro atoms. The smallest absolute Gasteiger partial charge is 0.238 e. The van der Waals surface area contributed by atoms with Gasteiger partial charge in [0.05, 0.1) is 31.5 Å². The number of hydrogen-bond acceptors (Lipinski definition) is 6. The zero-order valence-corrected chi connectivity index (χ0v) is 16.8. The zero-order valence-electron chi connectivity index (χ0n) is 16.1. The van der Waals surface area contributed by atoms with Gasteiger partial charge in [0.2, 0.25) is 5.91 Å². The van der Waals surface area contributed by atoms with Gasteiger partial charge in [0, 0.05) is 30.3 Å². The lowest BCUT2D eigenvalue weighted by atomic mass is 10.2. The first-order chi connectivity index (χ1) is 13.5. The first-order valence-corrected chi connectivity index (χ1v) is 9.16.